The van der Waals surface area contributed by atoms with Crippen LogP contribution in [0.15, 0.2) is 67.0 Å². The first kappa shape index (κ1) is 16.9. The van der Waals surface area contributed by atoms with Gasteiger partial charge >= 0.3 is 0 Å². The number of hydrogen-bond acceptors (Lipinski definition) is 3. The third-order valence-electron chi connectivity index (χ3n) is 5.17. The fraction of sp³-hybridized carbons (Fsp3) is 0.304. The lowest BCUT2D eigenvalue weighted by Crippen LogP contribution is -2.23. The Bertz CT molecular complexity index is 843. The van der Waals surface area contributed by atoms with Crippen LogP contribution in [0.2, 0.25) is 0 Å². The molecule has 1 saturated heterocycles. The second-order valence-corrected chi connectivity index (χ2v) is 7.20. The van der Waals surface area contributed by atoms with Crippen molar-refractivity contribution < 1.29 is 0 Å². The van der Waals surface area contributed by atoms with Gasteiger partial charge in [-0.3, -0.25) is 14.9 Å². The molecule has 132 valence electrons. The molecule has 4 rings (SSSR count). The monoisotopic (exact) mass is 343 g/mol. The number of hydrogen-bond donors (Lipinski definition) is 0. The normalized spacial score (nSPS) is 17.5. The van der Waals surface area contributed by atoms with Crippen LogP contribution in [0.4, 0.5) is 0 Å². The standard InChI is InChI=1S/C23H25N3/c1-18-7-9-19(10-8-18)16-21-4-2-5-22(25-21)23-6-3-15-26(23)17-20-11-13-24-14-12-20/h2,4-5,7-14,23H,3,6,15-17H2,1H3/t23-/m0/s1. The van der Waals surface area contributed by atoms with E-state index in [-0.39, 0.29) is 0 Å². The quantitative estimate of drug-likeness (QED) is 0.671. The van der Waals surface area contributed by atoms with Gasteiger partial charge in [0.15, 0.2) is 0 Å². The zero-order valence-corrected chi connectivity index (χ0v) is 15.3. The first-order valence-electron chi connectivity index (χ1n) is 9.42. The molecule has 1 fully saturated rings. The molecule has 3 heterocycles. The van der Waals surface area contributed by atoms with Gasteiger partial charge in [-0.15, -0.1) is 0 Å². The molecule has 1 aromatic carbocycles. The molecule has 3 nitrogen and oxygen atoms in total. The molecule has 3 heteroatoms. The van der Waals surface area contributed by atoms with E-state index in [2.05, 4.69) is 71.4 Å². The Hall–Kier alpha value is -2.52. The minimum absolute atomic E-state index is 0.418. The number of pyridine rings is 2. The molecule has 1 atom stereocenters. The van der Waals surface area contributed by atoms with E-state index in [0.29, 0.717) is 6.04 Å². The van der Waals surface area contributed by atoms with Gasteiger partial charge in [-0.05, 0) is 61.7 Å². The number of rotatable bonds is 5. The van der Waals surface area contributed by atoms with Crippen LogP contribution >= 0.6 is 0 Å². The molecule has 26 heavy (non-hydrogen) atoms. The molecule has 0 saturated carbocycles. The maximum atomic E-state index is 5.01. The fourth-order valence-electron chi connectivity index (χ4n) is 3.77. The molecule has 0 bridgehead atoms. The summed E-state index contributed by atoms with van der Waals surface area (Å²) in [6.45, 7) is 4.23. The Kier molecular flexibility index (Phi) is 5.07. The average molecular weight is 343 g/mol. The van der Waals surface area contributed by atoms with Crippen molar-refractivity contribution in [1.29, 1.82) is 0 Å². The summed E-state index contributed by atoms with van der Waals surface area (Å²) in [5.41, 5.74) is 6.31. The van der Waals surface area contributed by atoms with Gasteiger partial charge in [0.1, 0.15) is 0 Å². The van der Waals surface area contributed by atoms with Crippen LogP contribution in [-0.2, 0) is 13.0 Å². The summed E-state index contributed by atoms with van der Waals surface area (Å²) in [5.74, 6) is 0. The molecule has 3 aromatic rings. The zero-order chi connectivity index (χ0) is 17.8. The molecule has 0 unspecified atom stereocenters. The fourth-order valence-corrected chi connectivity index (χ4v) is 3.77. The number of likely N-dealkylation sites (tertiary alicyclic amines) is 1. The van der Waals surface area contributed by atoms with E-state index in [0.717, 1.165) is 25.2 Å². The van der Waals surface area contributed by atoms with Crippen molar-refractivity contribution in [1.82, 2.24) is 14.9 Å². The van der Waals surface area contributed by atoms with E-state index in [1.165, 1.54) is 35.2 Å². The molecule has 0 N–H and O–H groups in total. The van der Waals surface area contributed by atoms with Crippen molar-refractivity contribution in [2.24, 2.45) is 0 Å². The molecule has 1 aliphatic rings. The van der Waals surface area contributed by atoms with Gasteiger partial charge in [0.2, 0.25) is 0 Å². The van der Waals surface area contributed by atoms with E-state index >= 15 is 0 Å². The lowest BCUT2D eigenvalue weighted by atomic mass is 10.1. The molecule has 0 radical (unpaired) electrons. The Balaban J connectivity index is 1.50. The van der Waals surface area contributed by atoms with Crippen LogP contribution in [0, 0.1) is 6.92 Å². The molecule has 1 aliphatic heterocycles. The van der Waals surface area contributed by atoms with Gasteiger partial charge in [0.05, 0.1) is 11.7 Å². The topological polar surface area (TPSA) is 29.0 Å². The van der Waals surface area contributed by atoms with Gasteiger partial charge < -0.3 is 0 Å². The maximum absolute atomic E-state index is 5.01. The third kappa shape index (κ3) is 4.00. The van der Waals surface area contributed by atoms with Gasteiger partial charge in [0, 0.05) is 31.1 Å². The van der Waals surface area contributed by atoms with Gasteiger partial charge in [-0.25, -0.2) is 0 Å². The first-order chi connectivity index (χ1) is 12.8. The minimum Gasteiger partial charge on any atom is -0.291 e. The zero-order valence-electron chi connectivity index (χ0n) is 15.3. The molecular formula is C23H25N3. The predicted octanol–water partition coefficient (Wildman–Crippen LogP) is 4.71. The lowest BCUT2D eigenvalue weighted by molar-refractivity contribution is 0.244. The summed E-state index contributed by atoms with van der Waals surface area (Å²) in [6, 6.07) is 19.9. The van der Waals surface area contributed by atoms with E-state index in [1.54, 1.807) is 0 Å². The highest BCUT2D eigenvalue weighted by molar-refractivity contribution is 5.26. The summed E-state index contributed by atoms with van der Waals surface area (Å²) in [6.07, 6.45) is 7.07. The highest BCUT2D eigenvalue weighted by Crippen LogP contribution is 2.32. The van der Waals surface area contributed by atoms with E-state index in [9.17, 15) is 0 Å². The molecular weight excluding hydrogens is 318 g/mol. The van der Waals surface area contributed by atoms with Crippen LogP contribution in [0.3, 0.4) is 0 Å². The minimum atomic E-state index is 0.418. The maximum Gasteiger partial charge on any atom is 0.0578 e. The summed E-state index contributed by atoms with van der Waals surface area (Å²) in [4.78, 5) is 11.7. The van der Waals surface area contributed by atoms with E-state index < -0.39 is 0 Å². The SMILES string of the molecule is Cc1ccc(Cc2cccc([C@@H]3CCCN3Cc3ccncc3)n2)cc1. The van der Waals surface area contributed by atoms with Crippen LogP contribution in [0.25, 0.3) is 0 Å². The first-order valence-corrected chi connectivity index (χ1v) is 9.42. The van der Waals surface area contributed by atoms with Crippen LogP contribution in [0.5, 0.6) is 0 Å². The molecule has 0 spiro atoms. The van der Waals surface area contributed by atoms with Crippen LogP contribution in [0.1, 0.15) is 47.0 Å². The number of aromatic nitrogens is 2. The van der Waals surface area contributed by atoms with Crippen molar-refractivity contribution >= 4 is 0 Å². The van der Waals surface area contributed by atoms with Gasteiger partial charge in [-0.2, -0.15) is 0 Å². The highest BCUT2D eigenvalue weighted by Gasteiger charge is 2.27. The Morgan fingerprint density at radius 1 is 0.962 bits per heavy atom. The summed E-state index contributed by atoms with van der Waals surface area (Å²) < 4.78 is 0. The van der Waals surface area contributed by atoms with Gasteiger partial charge in [-0.1, -0.05) is 35.9 Å². The van der Waals surface area contributed by atoms with Crippen molar-refractivity contribution in [3.8, 4) is 0 Å². The van der Waals surface area contributed by atoms with E-state index in [4.69, 9.17) is 4.98 Å². The summed E-state index contributed by atoms with van der Waals surface area (Å²) in [5, 5.41) is 0. The Labute approximate surface area is 155 Å². The molecule has 0 aliphatic carbocycles. The number of nitrogens with zero attached hydrogens (tertiary/aromatic N) is 3. The molecule has 0 amide bonds. The number of aryl methyl sites for hydroxylation is 1. The Morgan fingerprint density at radius 2 is 1.77 bits per heavy atom. The van der Waals surface area contributed by atoms with Crippen LogP contribution < -0.4 is 0 Å². The number of benzene rings is 1. The predicted molar refractivity (Wildman–Crippen MR) is 105 cm³/mol. The van der Waals surface area contributed by atoms with Crippen molar-refractivity contribution in [2.45, 2.75) is 38.8 Å². The smallest absolute Gasteiger partial charge is 0.0578 e. The van der Waals surface area contributed by atoms with Crippen LogP contribution in [-0.4, -0.2) is 21.4 Å². The van der Waals surface area contributed by atoms with Crippen molar-refractivity contribution in [3.63, 3.8) is 0 Å². The largest absolute Gasteiger partial charge is 0.291 e. The summed E-state index contributed by atoms with van der Waals surface area (Å²) in [7, 11) is 0. The Morgan fingerprint density at radius 3 is 2.58 bits per heavy atom. The van der Waals surface area contributed by atoms with E-state index in [1.807, 2.05) is 12.4 Å². The highest BCUT2D eigenvalue weighted by atomic mass is 15.2. The molecule has 2 aromatic heterocycles. The second-order valence-electron chi connectivity index (χ2n) is 7.20. The van der Waals surface area contributed by atoms with Gasteiger partial charge in [0.25, 0.3) is 0 Å². The third-order valence-corrected chi connectivity index (χ3v) is 5.17. The average Bonchev–Trinajstić information content (AvgIpc) is 3.13. The van der Waals surface area contributed by atoms with Crippen molar-refractivity contribution in [2.75, 3.05) is 6.54 Å². The lowest BCUT2D eigenvalue weighted by Gasteiger charge is -2.24. The second kappa shape index (κ2) is 7.79. The summed E-state index contributed by atoms with van der Waals surface area (Å²) >= 11 is 0. The van der Waals surface area contributed by atoms with Crippen molar-refractivity contribution in [3.05, 3.63) is 95.1 Å².